The smallest absolute Gasteiger partial charge is 0.344 e. The van der Waals surface area contributed by atoms with Crippen molar-refractivity contribution in [2.45, 2.75) is 51.7 Å². The third kappa shape index (κ3) is 5.30. The van der Waals surface area contributed by atoms with Crippen LogP contribution in [0.3, 0.4) is 0 Å². The van der Waals surface area contributed by atoms with E-state index in [0.717, 1.165) is 30.4 Å². The molecule has 23 heavy (non-hydrogen) atoms. The maximum Gasteiger partial charge on any atom is 0.344 e. The number of esters is 1. The van der Waals surface area contributed by atoms with Crippen molar-refractivity contribution in [2.75, 3.05) is 6.61 Å². The van der Waals surface area contributed by atoms with E-state index in [1.54, 1.807) is 32.9 Å². The number of nitrogens with one attached hydrogen (secondary N) is 1. The maximum absolute atomic E-state index is 11.8. The molecule has 0 radical (unpaired) electrons. The molecule has 2 atom stereocenters. The molecule has 1 N–H and O–H groups in total. The van der Waals surface area contributed by atoms with Crippen molar-refractivity contribution in [3.63, 3.8) is 0 Å². The van der Waals surface area contributed by atoms with Crippen LogP contribution in [0.1, 0.15) is 50.8 Å². The molecule has 2 rings (SSSR count). The lowest BCUT2D eigenvalue weighted by Gasteiger charge is -2.28. The van der Waals surface area contributed by atoms with Crippen LogP contribution < -0.4 is 9.46 Å². The van der Waals surface area contributed by atoms with Gasteiger partial charge >= 0.3 is 5.97 Å². The second kappa shape index (κ2) is 7.42. The van der Waals surface area contributed by atoms with E-state index in [1.165, 1.54) is 0 Å². The molecule has 1 unspecified atom stereocenters. The molecule has 6 nitrogen and oxygen atoms in total. The van der Waals surface area contributed by atoms with Gasteiger partial charge in [-0.3, -0.25) is 4.21 Å². The van der Waals surface area contributed by atoms with Crippen LogP contribution in [-0.2, 0) is 27.2 Å². The van der Waals surface area contributed by atoms with Gasteiger partial charge in [-0.2, -0.15) is 0 Å². The maximum atomic E-state index is 11.8. The predicted octanol–water partition coefficient (Wildman–Crippen LogP) is 2.17. The van der Waals surface area contributed by atoms with Crippen molar-refractivity contribution in [3.05, 3.63) is 29.3 Å². The van der Waals surface area contributed by atoms with Gasteiger partial charge in [-0.25, -0.2) is 9.52 Å². The van der Waals surface area contributed by atoms with Crippen LogP contribution in [0, 0.1) is 0 Å². The number of rotatable bonds is 5. The molecule has 1 aromatic carbocycles. The van der Waals surface area contributed by atoms with Crippen molar-refractivity contribution in [3.8, 4) is 5.75 Å². The number of carbonyl (C=O) groups is 1. The quantitative estimate of drug-likeness (QED) is 0.655. The molecule has 0 bridgehead atoms. The van der Waals surface area contributed by atoms with Gasteiger partial charge in [0.25, 0.3) is 0 Å². The molecule has 0 amide bonds. The van der Waals surface area contributed by atoms with E-state index in [4.69, 9.17) is 9.47 Å². The van der Waals surface area contributed by atoms with E-state index in [9.17, 15) is 13.6 Å². The van der Waals surface area contributed by atoms with Crippen molar-refractivity contribution >= 4 is 17.2 Å². The van der Waals surface area contributed by atoms with Gasteiger partial charge in [0, 0.05) is 17.3 Å². The van der Waals surface area contributed by atoms with Crippen molar-refractivity contribution in [1.29, 1.82) is 0 Å². The Hall–Kier alpha value is -1.44. The Morgan fingerprint density at radius 2 is 2.17 bits per heavy atom. The number of benzene rings is 1. The third-order valence-electron chi connectivity index (χ3n) is 3.47. The number of fused-ring (bicyclic) bond motifs is 1. The fourth-order valence-corrected chi connectivity index (χ4v) is 3.17. The average molecular weight is 340 g/mol. The lowest BCUT2D eigenvalue weighted by atomic mass is 9.87. The molecular formula is C16H22NO5S-. The second-order valence-corrected chi connectivity index (χ2v) is 7.20. The first-order valence-electron chi connectivity index (χ1n) is 7.58. The van der Waals surface area contributed by atoms with Crippen LogP contribution in [0.4, 0.5) is 0 Å². The van der Waals surface area contributed by atoms with Gasteiger partial charge in [-0.15, -0.1) is 0 Å². The summed E-state index contributed by atoms with van der Waals surface area (Å²) in [5.41, 5.74) is 1.30. The minimum atomic E-state index is -2.31. The number of ether oxygens (including phenoxy) is 2. The molecule has 0 saturated heterocycles. The lowest BCUT2D eigenvalue weighted by molar-refractivity contribution is -0.157. The zero-order valence-corrected chi connectivity index (χ0v) is 14.4. The molecule has 0 spiro atoms. The summed E-state index contributed by atoms with van der Waals surface area (Å²) in [4.78, 5) is 11.8. The zero-order chi connectivity index (χ0) is 17.0. The van der Waals surface area contributed by atoms with E-state index in [2.05, 4.69) is 4.72 Å². The molecule has 1 aliphatic rings. The second-order valence-electron chi connectivity index (χ2n) is 6.50. The topological polar surface area (TPSA) is 87.7 Å². The molecule has 0 aromatic heterocycles. The van der Waals surface area contributed by atoms with Crippen LogP contribution in [-0.4, -0.2) is 26.9 Å². The Kier molecular flexibility index (Phi) is 5.78. The summed E-state index contributed by atoms with van der Waals surface area (Å²) >= 11 is -2.31. The predicted molar refractivity (Wildman–Crippen MR) is 85.5 cm³/mol. The highest BCUT2D eigenvalue weighted by atomic mass is 32.2. The highest BCUT2D eigenvalue weighted by Crippen LogP contribution is 2.35. The molecule has 0 saturated carbocycles. The minimum Gasteiger partial charge on any atom is -0.760 e. The summed E-state index contributed by atoms with van der Waals surface area (Å²) in [6, 6.07) is 5.23. The molecule has 0 aliphatic heterocycles. The molecule has 128 valence electrons. The van der Waals surface area contributed by atoms with Gasteiger partial charge in [-0.1, -0.05) is 12.1 Å². The molecular weight excluding hydrogens is 318 g/mol. The highest BCUT2D eigenvalue weighted by molar-refractivity contribution is 7.77. The van der Waals surface area contributed by atoms with E-state index in [0.29, 0.717) is 5.75 Å². The standard InChI is InChI=1S/C16H23NO5S/c1-16(2,3)22-15(18)10-21-14-9-5-6-11-12(14)7-4-8-13(11)17-23(19)20/h5-6,9,13,17H,4,7-8,10H2,1-3H3,(H,19,20)/p-1/t13-/m1/s1. The summed E-state index contributed by atoms with van der Waals surface area (Å²) in [5, 5.41) is 0. The van der Waals surface area contributed by atoms with Gasteiger partial charge in [0.05, 0.1) is 0 Å². The van der Waals surface area contributed by atoms with Crippen molar-refractivity contribution < 1.29 is 23.0 Å². The van der Waals surface area contributed by atoms with Crippen molar-refractivity contribution in [1.82, 2.24) is 4.72 Å². The van der Waals surface area contributed by atoms with E-state index in [1.807, 2.05) is 6.07 Å². The lowest BCUT2D eigenvalue weighted by Crippen LogP contribution is -2.28. The van der Waals surface area contributed by atoms with Gasteiger partial charge in [0.1, 0.15) is 11.4 Å². The molecule has 0 fully saturated rings. The van der Waals surface area contributed by atoms with Gasteiger partial charge in [0.2, 0.25) is 0 Å². The van der Waals surface area contributed by atoms with E-state index in [-0.39, 0.29) is 12.6 Å². The number of carbonyl (C=O) groups excluding carboxylic acids is 1. The first kappa shape index (κ1) is 17.9. The Labute approximate surface area is 139 Å². The Bertz CT molecular complexity index is 597. The van der Waals surface area contributed by atoms with Crippen LogP contribution in [0.15, 0.2) is 18.2 Å². The molecule has 1 aliphatic carbocycles. The molecule has 1 aromatic rings. The van der Waals surface area contributed by atoms with Crippen LogP contribution in [0.5, 0.6) is 5.75 Å². The van der Waals surface area contributed by atoms with E-state index >= 15 is 0 Å². The third-order valence-corrected chi connectivity index (χ3v) is 3.95. The normalized spacial score (nSPS) is 18.9. The summed E-state index contributed by atoms with van der Waals surface area (Å²) in [5.74, 6) is 0.179. The zero-order valence-electron chi connectivity index (χ0n) is 13.6. The van der Waals surface area contributed by atoms with Gasteiger partial charge < -0.3 is 14.0 Å². The molecule has 7 heteroatoms. The summed E-state index contributed by atoms with van der Waals surface area (Å²) < 4.78 is 35.2. The number of hydrogen-bond acceptors (Lipinski definition) is 5. The Balaban J connectivity index is 2.09. The first-order chi connectivity index (χ1) is 10.8. The molecule has 0 heterocycles. The van der Waals surface area contributed by atoms with E-state index < -0.39 is 22.8 Å². The Morgan fingerprint density at radius 3 is 2.83 bits per heavy atom. The fraction of sp³-hybridized carbons (Fsp3) is 0.562. The largest absolute Gasteiger partial charge is 0.760 e. The van der Waals surface area contributed by atoms with Gasteiger partial charge in [0.15, 0.2) is 6.61 Å². The highest BCUT2D eigenvalue weighted by Gasteiger charge is 2.23. The first-order valence-corrected chi connectivity index (χ1v) is 8.65. The van der Waals surface area contributed by atoms with Crippen LogP contribution >= 0.6 is 0 Å². The number of hydrogen-bond donors (Lipinski definition) is 1. The Morgan fingerprint density at radius 1 is 1.43 bits per heavy atom. The average Bonchev–Trinajstić information content (AvgIpc) is 2.43. The SMILES string of the molecule is CC(C)(C)OC(=O)COc1cccc2c1CCC[C@H]2NS(=O)[O-]. The van der Waals surface area contributed by atoms with Crippen molar-refractivity contribution in [2.24, 2.45) is 0 Å². The monoisotopic (exact) mass is 340 g/mol. The van der Waals surface area contributed by atoms with Crippen LogP contribution in [0.25, 0.3) is 0 Å². The summed E-state index contributed by atoms with van der Waals surface area (Å²) in [7, 11) is 0. The minimum absolute atomic E-state index is 0.167. The summed E-state index contributed by atoms with van der Waals surface area (Å²) in [6.45, 7) is 5.23. The van der Waals surface area contributed by atoms with Gasteiger partial charge in [-0.05, 0) is 57.2 Å². The van der Waals surface area contributed by atoms with Crippen LogP contribution in [0.2, 0.25) is 0 Å². The summed E-state index contributed by atoms with van der Waals surface area (Å²) in [6.07, 6.45) is 2.40. The fourth-order valence-electron chi connectivity index (χ4n) is 2.70.